The molecule has 0 aliphatic carbocycles. The number of hydrogen-bond acceptors (Lipinski definition) is 0. The lowest BCUT2D eigenvalue weighted by atomic mass is 9.75. The van der Waals surface area contributed by atoms with E-state index in [0.717, 1.165) is 0 Å². The van der Waals surface area contributed by atoms with Gasteiger partial charge in [0.25, 0.3) is 0 Å². The second kappa shape index (κ2) is 10.4. The van der Waals surface area contributed by atoms with E-state index >= 15 is 0 Å². The smallest absolute Gasteiger partial charge is 0.00991 e. The van der Waals surface area contributed by atoms with Crippen LogP contribution in [0.15, 0.2) is 84.9 Å². The Morgan fingerprint density at radius 1 is 0.325 bits per heavy atom. The number of hydrogen-bond donors (Lipinski definition) is 0. The lowest BCUT2D eigenvalue weighted by molar-refractivity contribution is 0.569. The zero-order valence-corrected chi connectivity index (χ0v) is 27.1. The first-order valence-corrected chi connectivity index (χ1v) is 14.9. The summed E-state index contributed by atoms with van der Waals surface area (Å²) in [5.41, 5.74) is 13.6. The van der Waals surface area contributed by atoms with E-state index in [2.05, 4.69) is 168 Å². The van der Waals surface area contributed by atoms with Crippen molar-refractivity contribution in [2.24, 2.45) is 0 Å². The van der Waals surface area contributed by atoms with Gasteiger partial charge in [-0.25, -0.2) is 0 Å². The predicted octanol–water partition coefficient (Wildman–Crippen LogP) is 11.9. The topological polar surface area (TPSA) is 0 Å². The van der Waals surface area contributed by atoms with Gasteiger partial charge in [-0.05, 0) is 83.4 Å². The molecule has 0 fully saturated rings. The van der Waals surface area contributed by atoms with Gasteiger partial charge in [0.1, 0.15) is 0 Å². The second-order valence-corrected chi connectivity index (χ2v) is 15.6. The summed E-state index contributed by atoms with van der Waals surface area (Å²) in [5.74, 6) is 0. The molecule has 4 aromatic carbocycles. The summed E-state index contributed by atoms with van der Waals surface area (Å²) in [4.78, 5) is 0. The fraction of sp³-hybridized carbons (Fsp3) is 0.400. The van der Waals surface area contributed by atoms with Crippen LogP contribution in [0.1, 0.15) is 105 Å². The Bertz CT molecular complexity index is 1490. The minimum Gasteiger partial charge on any atom is -0.0622 e. The third-order valence-electron chi connectivity index (χ3n) is 8.09. The maximum absolute atomic E-state index is 2.45. The van der Waals surface area contributed by atoms with Crippen molar-refractivity contribution in [3.63, 3.8) is 0 Å². The number of rotatable bonds is 3. The molecule has 0 saturated carbocycles. The largest absolute Gasteiger partial charge is 0.0622 e. The molecule has 40 heavy (non-hydrogen) atoms. The molecule has 0 unspecified atom stereocenters. The van der Waals surface area contributed by atoms with Crippen LogP contribution < -0.4 is 0 Å². The van der Waals surface area contributed by atoms with Gasteiger partial charge in [-0.3, -0.25) is 0 Å². The lowest BCUT2D eigenvalue weighted by Crippen LogP contribution is -2.17. The minimum atomic E-state index is 0.0193. The molecule has 0 atom stereocenters. The first-order chi connectivity index (χ1) is 18.4. The van der Waals surface area contributed by atoms with E-state index in [1.54, 1.807) is 0 Å². The Morgan fingerprint density at radius 3 is 1.25 bits per heavy atom. The third-order valence-corrected chi connectivity index (χ3v) is 8.09. The van der Waals surface area contributed by atoms with Crippen LogP contribution in [-0.4, -0.2) is 0 Å². The van der Waals surface area contributed by atoms with Crippen LogP contribution in [0, 0.1) is 0 Å². The highest BCUT2D eigenvalue weighted by Gasteiger charge is 2.26. The van der Waals surface area contributed by atoms with Crippen LogP contribution >= 0.6 is 0 Å². The molecular weight excluding hydrogens is 480 g/mol. The monoisotopic (exact) mass is 530 g/mol. The Balaban J connectivity index is 2.01. The fourth-order valence-electron chi connectivity index (χ4n) is 5.55. The molecule has 4 rings (SSSR count). The molecule has 0 bridgehead atoms. The van der Waals surface area contributed by atoms with Gasteiger partial charge in [-0.2, -0.15) is 0 Å². The maximum Gasteiger partial charge on any atom is -0.00991 e. The van der Waals surface area contributed by atoms with Crippen molar-refractivity contribution in [2.45, 2.75) is 105 Å². The quantitative estimate of drug-likeness (QED) is 0.247. The first kappa shape index (κ1) is 29.9. The minimum absolute atomic E-state index is 0.0193. The van der Waals surface area contributed by atoms with Crippen LogP contribution in [0.2, 0.25) is 0 Å². The summed E-state index contributed by atoms with van der Waals surface area (Å²) in [6.45, 7) is 27.8. The summed E-state index contributed by atoms with van der Waals surface area (Å²) in [6.07, 6.45) is 0. The van der Waals surface area contributed by atoms with Crippen molar-refractivity contribution >= 4 is 0 Å². The van der Waals surface area contributed by atoms with Gasteiger partial charge in [0, 0.05) is 0 Å². The average Bonchev–Trinajstić information content (AvgIpc) is 2.86. The van der Waals surface area contributed by atoms with Crippen molar-refractivity contribution in [1.29, 1.82) is 0 Å². The van der Waals surface area contributed by atoms with Gasteiger partial charge in [0.15, 0.2) is 0 Å². The Hall–Kier alpha value is -3.12. The zero-order chi connectivity index (χ0) is 29.7. The molecule has 0 heterocycles. The molecule has 0 aliphatic heterocycles. The van der Waals surface area contributed by atoms with Gasteiger partial charge >= 0.3 is 0 Å². The highest BCUT2D eigenvalue weighted by atomic mass is 14.3. The van der Waals surface area contributed by atoms with E-state index in [9.17, 15) is 0 Å². The lowest BCUT2D eigenvalue weighted by Gasteiger charge is -2.29. The summed E-state index contributed by atoms with van der Waals surface area (Å²) in [7, 11) is 0. The molecule has 0 nitrogen and oxygen atoms in total. The van der Waals surface area contributed by atoms with Crippen molar-refractivity contribution in [3.05, 3.63) is 107 Å². The molecule has 4 aromatic rings. The van der Waals surface area contributed by atoms with E-state index in [1.165, 1.54) is 55.6 Å². The van der Waals surface area contributed by atoms with Crippen molar-refractivity contribution < 1.29 is 0 Å². The van der Waals surface area contributed by atoms with Gasteiger partial charge in [-0.15, -0.1) is 0 Å². The average molecular weight is 531 g/mol. The van der Waals surface area contributed by atoms with Gasteiger partial charge in [0.05, 0.1) is 0 Å². The van der Waals surface area contributed by atoms with Crippen LogP contribution in [0.5, 0.6) is 0 Å². The summed E-state index contributed by atoms with van der Waals surface area (Å²) in [5, 5.41) is 0. The summed E-state index contributed by atoms with van der Waals surface area (Å²) >= 11 is 0. The van der Waals surface area contributed by atoms with Crippen molar-refractivity contribution in [1.82, 2.24) is 0 Å². The van der Waals surface area contributed by atoms with E-state index in [1.807, 2.05) is 0 Å². The highest BCUT2D eigenvalue weighted by Crippen LogP contribution is 2.43. The van der Waals surface area contributed by atoms with Gasteiger partial charge in [0.2, 0.25) is 0 Å². The normalized spacial score (nSPS) is 13.0. The van der Waals surface area contributed by atoms with Crippen LogP contribution in [0.3, 0.4) is 0 Å². The SMILES string of the molecule is CC(C)(C)c1ccc(-c2ccc(-c3ccc(C(C)(C)C)cc3C(C)(C)C)c(-c3ccccc3)c2)c(C(C)(C)C)c1. The van der Waals surface area contributed by atoms with E-state index in [-0.39, 0.29) is 21.7 Å². The summed E-state index contributed by atoms with van der Waals surface area (Å²) < 4.78 is 0. The molecule has 0 spiro atoms. The fourth-order valence-corrected chi connectivity index (χ4v) is 5.55. The van der Waals surface area contributed by atoms with Gasteiger partial charge in [-0.1, -0.05) is 162 Å². The third kappa shape index (κ3) is 6.27. The van der Waals surface area contributed by atoms with Crippen LogP contribution in [0.25, 0.3) is 33.4 Å². The first-order valence-electron chi connectivity index (χ1n) is 14.9. The van der Waals surface area contributed by atoms with Gasteiger partial charge < -0.3 is 0 Å². The number of benzene rings is 4. The van der Waals surface area contributed by atoms with Crippen LogP contribution in [0.4, 0.5) is 0 Å². The van der Waals surface area contributed by atoms with E-state index < -0.39 is 0 Å². The Morgan fingerprint density at radius 2 is 0.775 bits per heavy atom. The Labute approximate surface area is 244 Å². The molecule has 0 N–H and O–H groups in total. The molecular formula is C40H50. The summed E-state index contributed by atoms with van der Waals surface area (Å²) in [6, 6.07) is 32.3. The van der Waals surface area contributed by atoms with E-state index in [4.69, 9.17) is 0 Å². The zero-order valence-electron chi connectivity index (χ0n) is 27.1. The molecule has 0 amide bonds. The standard InChI is InChI=1S/C40H50/c1-37(2,3)29-19-22-31(35(25-29)39(7,8)9)28-18-21-32(34(24-28)27-16-14-13-15-17-27)33-23-20-30(38(4,5)6)26-36(33)40(10,11)12/h13-26H,1-12H3. The van der Waals surface area contributed by atoms with Crippen molar-refractivity contribution in [2.75, 3.05) is 0 Å². The molecule has 0 heteroatoms. The van der Waals surface area contributed by atoms with Crippen LogP contribution in [-0.2, 0) is 21.7 Å². The Kier molecular flexibility index (Phi) is 7.74. The van der Waals surface area contributed by atoms with E-state index in [0.29, 0.717) is 0 Å². The highest BCUT2D eigenvalue weighted by molar-refractivity contribution is 5.89. The molecule has 0 radical (unpaired) electrons. The molecule has 0 saturated heterocycles. The molecule has 0 aliphatic rings. The maximum atomic E-state index is 2.45. The predicted molar refractivity (Wildman–Crippen MR) is 178 cm³/mol. The molecule has 210 valence electrons. The molecule has 0 aromatic heterocycles. The van der Waals surface area contributed by atoms with Crippen molar-refractivity contribution in [3.8, 4) is 33.4 Å². The second-order valence-electron chi connectivity index (χ2n) is 15.6.